The number of amides is 2. The van der Waals surface area contributed by atoms with Crippen LogP contribution in [0.1, 0.15) is 20.3 Å². The fourth-order valence-electron chi connectivity index (χ4n) is 3.80. The summed E-state index contributed by atoms with van der Waals surface area (Å²) in [6, 6.07) is 5.28. The van der Waals surface area contributed by atoms with E-state index in [9.17, 15) is 14.4 Å². The number of esters is 1. The van der Waals surface area contributed by atoms with E-state index in [1.807, 2.05) is 4.90 Å². The van der Waals surface area contributed by atoms with Crippen molar-refractivity contribution >= 4 is 62.7 Å². The number of halogens is 1. The second-order valence-electron chi connectivity index (χ2n) is 7.90. The summed E-state index contributed by atoms with van der Waals surface area (Å²) in [7, 11) is 1.31. The molecule has 2 aromatic rings. The molecule has 2 atom stereocenters. The molecule has 0 spiro atoms. The molecule has 0 bridgehead atoms. The van der Waals surface area contributed by atoms with Crippen molar-refractivity contribution < 1.29 is 19.1 Å². The fraction of sp³-hybridized carbons (Fsp3) is 0.524. The van der Waals surface area contributed by atoms with Gasteiger partial charge in [0.1, 0.15) is 6.54 Å². The Morgan fingerprint density at radius 2 is 1.94 bits per heavy atom. The number of thioether (sulfide) groups is 1. The normalized spacial score (nSPS) is 19.6. The molecule has 1 aromatic heterocycles. The van der Waals surface area contributed by atoms with Gasteiger partial charge in [-0.2, -0.15) is 4.99 Å². The van der Waals surface area contributed by atoms with Gasteiger partial charge in [0.15, 0.2) is 4.80 Å². The lowest BCUT2D eigenvalue weighted by molar-refractivity contribution is -0.141. The average Bonchev–Trinajstić information content (AvgIpc) is 3.02. The molecular formula is C21H26ClN3O4S2. The van der Waals surface area contributed by atoms with Crippen molar-refractivity contribution in [3.05, 3.63) is 28.0 Å². The number of carbonyl (C=O) groups is 3. The van der Waals surface area contributed by atoms with Gasteiger partial charge in [-0.05, 0) is 36.5 Å². The molecule has 2 unspecified atom stereocenters. The van der Waals surface area contributed by atoms with Crippen LogP contribution in [0.25, 0.3) is 10.2 Å². The second-order valence-corrected chi connectivity index (χ2v) is 10.3. The number of nitrogens with zero attached hydrogens (tertiary/aromatic N) is 3. The maximum atomic E-state index is 12.5. The zero-order chi connectivity index (χ0) is 22.5. The summed E-state index contributed by atoms with van der Waals surface area (Å²) < 4.78 is 7.23. The number of rotatable bonds is 6. The van der Waals surface area contributed by atoms with E-state index in [2.05, 4.69) is 18.8 Å². The smallest absolute Gasteiger partial charge is 0.325 e. The molecule has 1 aliphatic heterocycles. The van der Waals surface area contributed by atoms with Crippen molar-refractivity contribution in [2.75, 3.05) is 31.7 Å². The number of hydrogen-bond donors (Lipinski definition) is 0. The number of methoxy groups -OCH3 is 1. The Morgan fingerprint density at radius 1 is 1.23 bits per heavy atom. The molecule has 10 heteroatoms. The zero-order valence-electron chi connectivity index (χ0n) is 17.8. The molecular weight excluding hydrogens is 458 g/mol. The van der Waals surface area contributed by atoms with Crippen LogP contribution in [-0.2, 0) is 25.7 Å². The van der Waals surface area contributed by atoms with Crippen molar-refractivity contribution in [3.8, 4) is 0 Å². The van der Waals surface area contributed by atoms with Crippen LogP contribution in [0, 0.1) is 11.8 Å². The minimum absolute atomic E-state index is 0.0544. The Kier molecular flexibility index (Phi) is 8.18. The standard InChI is InChI=1S/C21H26ClN3O4S2/c1-13-6-14(2)9-24(8-13)19(27)12-30-11-18(26)23-21-25(10-20(28)29-3)16-5-4-15(22)7-17(16)31-21/h4-5,7,13-14H,6,8-12H2,1-3H3. The molecule has 0 N–H and O–H groups in total. The van der Waals surface area contributed by atoms with Crippen molar-refractivity contribution in [3.63, 3.8) is 0 Å². The van der Waals surface area contributed by atoms with Crippen molar-refractivity contribution in [1.29, 1.82) is 0 Å². The molecule has 1 aromatic carbocycles. The summed E-state index contributed by atoms with van der Waals surface area (Å²) >= 11 is 8.62. The number of thiazole rings is 1. The van der Waals surface area contributed by atoms with Crippen LogP contribution in [0.15, 0.2) is 23.2 Å². The van der Waals surface area contributed by atoms with Gasteiger partial charge in [0.25, 0.3) is 5.91 Å². The highest BCUT2D eigenvalue weighted by Gasteiger charge is 2.25. The molecule has 31 heavy (non-hydrogen) atoms. The van der Waals surface area contributed by atoms with Crippen molar-refractivity contribution in [1.82, 2.24) is 9.47 Å². The van der Waals surface area contributed by atoms with E-state index in [4.69, 9.17) is 16.3 Å². The Bertz CT molecular complexity index is 1040. The van der Waals surface area contributed by atoms with Crippen LogP contribution in [-0.4, -0.2) is 59.0 Å². The van der Waals surface area contributed by atoms with E-state index < -0.39 is 5.97 Å². The van der Waals surface area contributed by atoms with Gasteiger partial charge in [0, 0.05) is 18.1 Å². The Balaban J connectivity index is 1.68. The number of ether oxygens (including phenoxy) is 1. The summed E-state index contributed by atoms with van der Waals surface area (Å²) in [5.41, 5.74) is 0.752. The van der Waals surface area contributed by atoms with E-state index in [1.54, 1.807) is 22.8 Å². The first-order valence-electron chi connectivity index (χ1n) is 10.1. The number of aromatic nitrogens is 1. The lowest BCUT2D eigenvalue weighted by atomic mass is 9.92. The fourth-order valence-corrected chi connectivity index (χ4v) is 5.82. The highest BCUT2D eigenvalue weighted by Crippen LogP contribution is 2.23. The Labute approximate surface area is 194 Å². The van der Waals surface area contributed by atoms with Crippen LogP contribution < -0.4 is 4.80 Å². The number of likely N-dealkylation sites (tertiary alicyclic amines) is 1. The van der Waals surface area contributed by atoms with Gasteiger partial charge in [-0.3, -0.25) is 14.4 Å². The van der Waals surface area contributed by atoms with Gasteiger partial charge in [-0.25, -0.2) is 0 Å². The van der Waals surface area contributed by atoms with Gasteiger partial charge in [-0.15, -0.1) is 11.8 Å². The molecule has 0 aliphatic carbocycles. The highest BCUT2D eigenvalue weighted by molar-refractivity contribution is 8.00. The number of benzene rings is 1. The summed E-state index contributed by atoms with van der Waals surface area (Å²) in [4.78, 5) is 43.3. The van der Waals surface area contributed by atoms with E-state index in [0.29, 0.717) is 21.7 Å². The van der Waals surface area contributed by atoms with E-state index in [1.165, 1.54) is 30.2 Å². The topological polar surface area (TPSA) is 81.0 Å². The molecule has 1 fully saturated rings. The predicted molar refractivity (Wildman–Crippen MR) is 124 cm³/mol. The van der Waals surface area contributed by atoms with E-state index >= 15 is 0 Å². The van der Waals surface area contributed by atoms with Crippen LogP contribution in [0.2, 0.25) is 5.02 Å². The largest absolute Gasteiger partial charge is 0.468 e. The van der Waals surface area contributed by atoms with Crippen molar-refractivity contribution in [2.45, 2.75) is 26.8 Å². The lowest BCUT2D eigenvalue weighted by Crippen LogP contribution is -2.43. The summed E-state index contributed by atoms with van der Waals surface area (Å²) in [6.45, 7) is 5.82. The first-order chi connectivity index (χ1) is 14.8. The minimum atomic E-state index is -0.437. The van der Waals surface area contributed by atoms with Crippen LogP contribution in [0.4, 0.5) is 0 Å². The van der Waals surface area contributed by atoms with Crippen molar-refractivity contribution in [2.24, 2.45) is 16.8 Å². The minimum Gasteiger partial charge on any atom is -0.468 e. The van der Waals surface area contributed by atoms with Gasteiger partial charge in [-0.1, -0.05) is 36.8 Å². The number of fused-ring (bicyclic) bond motifs is 1. The summed E-state index contributed by atoms with van der Waals surface area (Å²) in [6.07, 6.45) is 1.14. The first kappa shape index (κ1) is 23.8. The molecule has 0 saturated carbocycles. The SMILES string of the molecule is COC(=O)Cn1c(=NC(=O)CSCC(=O)N2CC(C)CC(C)C2)sc2cc(Cl)ccc21. The van der Waals surface area contributed by atoms with E-state index in [-0.39, 0.29) is 29.9 Å². The van der Waals surface area contributed by atoms with Gasteiger partial charge in [0.2, 0.25) is 5.91 Å². The quantitative estimate of drug-likeness (QED) is 0.589. The number of piperidine rings is 1. The van der Waals surface area contributed by atoms with Gasteiger partial charge < -0.3 is 14.2 Å². The molecule has 1 saturated heterocycles. The summed E-state index contributed by atoms with van der Waals surface area (Å²) in [5, 5.41) is 0.562. The van der Waals surface area contributed by atoms with Crippen LogP contribution in [0.5, 0.6) is 0 Å². The monoisotopic (exact) mass is 483 g/mol. The maximum absolute atomic E-state index is 12.5. The Morgan fingerprint density at radius 3 is 2.61 bits per heavy atom. The lowest BCUT2D eigenvalue weighted by Gasteiger charge is -2.35. The average molecular weight is 484 g/mol. The summed E-state index contributed by atoms with van der Waals surface area (Å²) in [5.74, 6) is 0.626. The zero-order valence-corrected chi connectivity index (χ0v) is 20.2. The van der Waals surface area contributed by atoms with Gasteiger partial charge >= 0.3 is 5.97 Å². The van der Waals surface area contributed by atoms with Crippen LogP contribution in [0.3, 0.4) is 0 Å². The maximum Gasteiger partial charge on any atom is 0.325 e. The number of hydrogen-bond acceptors (Lipinski definition) is 6. The molecule has 0 radical (unpaired) electrons. The molecule has 2 heterocycles. The second kappa shape index (κ2) is 10.7. The Hall–Kier alpha value is -1.84. The van der Waals surface area contributed by atoms with E-state index in [0.717, 1.165) is 29.7 Å². The third kappa shape index (κ3) is 6.33. The predicted octanol–water partition coefficient (Wildman–Crippen LogP) is 3.19. The molecule has 168 valence electrons. The number of carbonyl (C=O) groups excluding carboxylic acids is 3. The highest BCUT2D eigenvalue weighted by atomic mass is 35.5. The molecule has 7 nitrogen and oxygen atoms in total. The molecule has 3 rings (SSSR count). The third-order valence-corrected chi connectivity index (χ3v) is 7.23. The van der Waals surface area contributed by atoms with Gasteiger partial charge in [0.05, 0.1) is 28.8 Å². The molecule has 2 amide bonds. The molecule has 1 aliphatic rings. The third-order valence-electron chi connectivity index (χ3n) is 5.05. The van der Waals surface area contributed by atoms with Crippen LogP contribution >= 0.6 is 34.7 Å². The first-order valence-corrected chi connectivity index (χ1v) is 12.4.